The Balaban J connectivity index is 2.89. The smallest absolute Gasteiger partial charge is 0.0676 e. The fourth-order valence-corrected chi connectivity index (χ4v) is 1.11. The predicted octanol–water partition coefficient (Wildman–Crippen LogP) is 3.38. The maximum absolute atomic E-state index is 8.15. The molecular formula is C9H7Cl2NO. The van der Waals surface area contributed by atoms with Gasteiger partial charge in [0.2, 0.25) is 0 Å². The number of halogens is 2. The van der Waals surface area contributed by atoms with Crippen molar-refractivity contribution in [2.24, 2.45) is 5.16 Å². The molecule has 0 bridgehead atoms. The summed E-state index contributed by atoms with van der Waals surface area (Å²) in [6, 6.07) is 7.05. The molecule has 0 aliphatic heterocycles. The highest BCUT2D eigenvalue weighted by molar-refractivity contribution is 6.49. The zero-order valence-electron chi connectivity index (χ0n) is 6.61. The molecule has 0 aliphatic carbocycles. The van der Waals surface area contributed by atoms with Crippen LogP contribution in [-0.4, -0.2) is 11.4 Å². The molecule has 1 N–H and O–H groups in total. The fraction of sp³-hybridized carbons (Fsp3) is 0. The quantitative estimate of drug-likeness (QED) is 0.458. The minimum atomic E-state index is 0.495. The summed E-state index contributed by atoms with van der Waals surface area (Å²) in [5, 5.41) is 12.1. The van der Waals surface area contributed by atoms with Crippen molar-refractivity contribution < 1.29 is 5.21 Å². The minimum absolute atomic E-state index is 0.495. The zero-order chi connectivity index (χ0) is 9.68. The van der Waals surface area contributed by atoms with Crippen molar-refractivity contribution in [1.29, 1.82) is 0 Å². The van der Waals surface area contributed by atoms with Crippen LogP contribution >= 0.6 is 23.2 Å². The summed E-state index contributed by atoms with van der Waals surface area (Å²) in [6.45, 7) is 0. The Morgan fingerprint density at radius 1 is 1.31 bits per heavy atom. The standard InChI is InChI=1S/C9H7Cl2NO/c10-8-3-1-7(2-4-8)9(11)5-6-12-13/h1-6,13H/b9-5-,12-6+. The minimum Gasteiger partial charge on any atom is -0.411 e. The molecule has 0 atom stereocenters. The average molecular weight is 216 g/mol. The normalized spacial score (nSPS) is 12.3. The monoisotopic (exact) mass is 215 g/mol. The van der Waals surface area contributed by atoms with Gasteiger partial charge in [-0.25, -0.2) is 0 Å². The van der Waals surface area contributed by atoms with Crippen LogP contribution in [0.15, 0.2) is 35.5 Å². The van der Waals surface area contributed by atoms with E-state index in [0.717, 1.165) is 5.56 Å². The summed E-state index contributed by atoms with van der Waals surface area (Å²) in [7, 11) is 0. The molecule has 0 spiro atoms. The van der Waals surface area contributed by atoms with E-state index in [4.69, 9.17) is 28.4 Å². The molecule has 0 radical (unpaired) electrons. The summed E-state index contributed by atoms with van der Waals surface area (Å²) in [4.78, 5) is 0. The fourth-order valence-electron chi connectivity index (χ4n) is 0.804. The second-order valence-corrected chi connectivity index (χ2v) is 3.13. The molecule has 0 heterocycles. The van der Waals surface area contributed by atoms with Gasteiger partial charge in [-0.15, -0.1) is 0 Å². The summed E-state index contributed by atoms with van der Waals surface area (Å²) in [6.07, 6.45) is 2.70. The summed E-state index contributed by atoms with van der Waals surface area (Å²) in [5.41, 5.74) is 0.825. The van der Waals surface area contributed by atoms with E-state index in [9.17, 15) is 0 Å². The van der Waals surface area contributed by atoms with Gasteiger partial charge in [-0.05, 0) is 23.8 Å². The molecular weight excluding hydrogens is 209 g/mol. The van der Waals surface area contributed by atoms with Crippen molar-refractivity contribution in [3.8, 4) is 0 Å². The van der Waals surface area contributed by atoms with Crippen LogP contribution in [0, 0.1) is 0 Å². The topological polar surface area (TPSA) is 32.6 Å². The highest BCUT2D eigenvalue weighted by atomic mass is 35.5. The van der Waals surface area contributed by atoms with Gasteiger partial charge < -0.3 is 5.21 Å². The molecule has 0 amide bonds. The lowest BCUT2D eigenvalue weighted by Crippen LogP contribution is -1.76. The first kappa shape index (κ1) is 10.1. The maximum Gasteiger partial charge on any atom is 0.0676 e. The Labute approximate surface area is 86.1 Å². The van der Waals surface area contributed by atoms with Crippen molar-refractivity contribution in [3.05, 3.63) is 40.9 Å². The molecule has 0 saturated heterocycles. The Bertz CT molecular complexity index is 330. The molecule has 1 rings (SSSR count). The Hall–Kier alpha value is -0.990. The molecule has 1 aromatic carbocycles. The summed E-state index contributed by atoms with van der Waals surface area (Å²) in [5.74, 6) is 0. The highest BCUT2D eigenvalue weighted by Crippen LogP contribution is 2.19. The average Bonchev–Trinajstić information content (AvgIpc) is 2.15. The largest absolute Gasteiger partial charge is 0.411 e. The van der Waals surface area contributed by atoms with E-state index < -0.39 is 0 Å². The first-order valence-electron chi connectivity index (χ1n) is 3.53. The van der Waals surface area contributed by atoms with E-state index in [2.05, 4.69) is 5.16 Å². The second kappa shape index (κ2) is 4.90. The van der Waals surface area contributed by atoms with Gasteiger partial charge in [-0.3, -0.25) is 0 Å². The molecule has 1 aromatic rings. The first-order chi connectivity index (χ1) is 6.24. The van der Waals surface area contributed by atoms with Crippen molar-refractivity contribution in [2.45, 2.75) is 0 Å². The maximum atomic E-state index is 8.15. The van der Waals surface area contributed by atoms with Gasteiger partial charge in [0.15, 0.2) is 0 Å². The van der Waals surface area contributed by atoms with Crippen molar-refractivity contribution in [3.63, 3.8) is 0 Å². The third-order valence-corrected chi connectivity index (χ3v) is 2.00. The summed E-state index contributed by atoms with van der Waals surface area (Å²) < 4.78 is 0. The van der Waals surface area contributed by atoms with Gasteiger partial charge in [-0.2, -0.15) is 0 Å². The lowest BCUT2D eigenvalue weighted by Gasteiger charge is -1.97. The second-order valence-electron chi connectivity index (χ2n) is 2.29. The highest BCUT2D eigenvalue weighted by Gasteiger charge is 1.95. The van der Waals surface area contributed by atoms with Crippen LogP contribution in [0.3, 0.4) is 0 Å². The lowest BCUT2D eigenvalue weighted by atomic mass is 10.2. The van der Waals surface area contributed by atoms with E-state index in [1.54, 1.807) is 24.3 Å². The molecule has 0 fully saturated rings. The van der Waals surface area contributed by atoms with Gasteiger partial charge in [-0.1, -0.05) is 40.5 Å². The molecule has 0 aromatic heterocycles. The van der Waals surface area contributed by atoms with E-state index >= 15 is 0 Å². The number of hydrogen-bond acceptors (Lipinski definition) is 2. The third-order valence-electron chi connectivity index (χ3n) is 1.41. The van der Waals surface area contributed by atoms with Crippen LogP contribution in [0.5, 0.6) is 0 Å². The number of benzene rings is 1. The molecule has 4 heteroatoms. The van der Waals surface area contributed by atoms with Crippen LogP contribution in [0.4, 0.5) is 0 Å². The number of rotatable bonds is 2. The Morgan fingerprint density at radius 2 is 1.92 bits per heavy atom. The van der Waals surface area contributed by atoms with E-state index in [1.165, 1.54) is 12.3 Å². The summed E-state index contributed by atoms with van der Waals surface area (Å²) >= 11 is 11.5. The van der Waals surface area contributed by atoms with Crippen molar-refractivity contribution in [1.82, 2.24) is 0 Å². The van der Waals surface area contributed by atoms with Crippen molar-refractivity contribution >= 4 is 34.4 Å². The molecule has 13 heavy (non-hydrogen) atoms. The van der Waals surface area contributed by atoms with Gasteiger partial charge in [0.25, 0.3) is 0 Å². The Kier molecular flexibility index (Phi) is 3.80. The molecule has 0 aliphatic rings. The van der Waals surface area contributed by atoms with Gasteiger partial charge in [0.05, 0.1) is 6.21 Å². The van der Waals surface area contributed by atoms with Crippen LogP contribution in [0.2, 0.25) is 5.02 Å². The number of hydrogen-bond donors (Lipinski definition) is 1. The number of allylic oxidation sites excluding steroid dienone is 1. The number of nitrogens with zero attached hydrogens (tertiary/aromatic N) is 1. The molecule has 68 valence electrons. The van der Waals surface area contributed by atoms with E-state index in [1.807, 2.05) is 0 Å². The van der Waals surface area contributed by atoms with Crippen LogP contribution in [0.25, 0.3) is 5.03 Å². The predicted molar refractivity (Wildman–Crippen MR) is 55.6 cm³/mol. The van der Waals surface area contributed by atoms with Crippen LogP contribution in [-0.2, 0) is 0 Å². The molecule has 2 nitrogen and oxygen atoms in total. The first-order valence-corrected chi connectivity index (χ1v) is 4.29. The zero-order valence-corrected chi connectivity index (χ0v) is 8.13. The number of oxime groups is 1. The van der Waals surface area contributed by atoms with Crippen LogP contribution < -0.4 is 0 Å². The van der Waals surface area contributed by atoms with Gasteiger partial charge in [0, 0.05) is 10.1 Å². The molecule has 0 saturated carbocycles. The lowest BCUT2D eigenvalue weighted by molar-refractivity contribution is 0.322. The van der Waals surface area contributed by atoms with Crippen LogP contribution in [0.1, 0.15) is 5.56 Å². The van der Waals surface area contributed by atoms with E-state index in [-0.39, 0.29) is 0 Å². The van der Waals surface area contributed by atoms with Gasteiger partial charge in [0.1, 0.15) is 0 Å². The van der Waals surface area contributed by atoms with Crippen molar-refractivity contribution in [2.75, 3.05) is 0 Å². The SMILES string of the molecule is O/N=C/C=C(\Cl)c1ccc(Cl)cc1. The Morgan fingerprint density at radius 3 is 2.46 bits per heavy atom. The van der Waals surface area contributed by atoms with Gasteiger partial charge >= 0.3 is 0 Å². The molecule has 0 unspecified atom stereocenters. The van der Waals surface area contributed by atoms with E-state index in [0.29, 0.717) is 10.1 Å². The third kappa shape index (κ3) is 3.09.